The van der Waals surface area contributed by atoms with Crippen molar-refractivity contribution in [1.29, 1.82) is 0 Å². The first-order valence-electron chi connectivity index (χ1n) is 9.91. The van der Waals surface area contributed by atoms with Crippen LogP contribution in [0.2, 0.25) is 0 Å². The number of aliphatic imine (C=N–C) groups is 1. The highest BCUT2D eigenvalue weighted by Gasteiger charge is 2.12. The molecule has 0 bridgehead atoms. The van der Waals surface area contributed by atoms with Gasteiger partial charge in [0.2, 0.25) is 0 Å². The number of halogens is 2. The largest absolute Gasteiger partial charge is 0.356 e. The SMILES string of the molecule is CN=C(NCCCCN1CCN(C)CC1)NCCCSc1ccc(F)cc1.I. The number of unbranched alkanes of at least 4 members (excludes halogenated alkanes) is 1. The molecule has 0 atom stereocenters. The van der Waals surface area contributed by atoms with Crippen molar-refractivity contribution in [1.82, 2.24) is 20.4 Å². The van der Waals surface area contributed by atoms with Gasteiger partial charge in [-0.2, -0.15) is 0 Å². The van der Waals surface area contributed by atoms with E-state index in [2.05, 4.69) is 32.5 Å². The highest BCUT2D eigenvalue weighted by atomic mass is 127. The van der Waals surface area contributed by atoms with Crippen LogP contribution in [0.1, 0.15) is 19.3 Å². The maximum atomic E-state index is 12.9. The van der Waals surface area contributed by atoms with Crippen LogP contribution in [-0.2, 0) is 0 Å². The van der Waals surface area contributed by atoms with Crippen molar-refractivity contribution in [3.63, 3.8) is 0 Å². The smallest absolute Gasteiger partial charge is 0.190 e. The van der Waals surface area contributed by atoms with Crippen molar-refractivity contribution in [2.24, 2.45) is 4.99 Å². The Balaban J connectivity index is 0.00000392. The molecule has 0 aliphatic carbocycles. The number of likely N-dealkylation sites (N-methyl/N-ethyl adjacent to an activating group) is 1. The molecule has 1 aromatic carbocycles. The molecule has 1 aliphatic heterocycles. The number of benzene rings is 1. The van der Waals surface area contributed by atoms with Crippen molar-refractivity contribution in [2.45, 2.75) is 24.2 Å². The summed E-state index contributed by atoms with van der Waals surface area (Å²) in [7, 11) is 4.01. The van der Waals surface area contributed by atoms with Gasteiger partial charge in [-0.15, -0.1) is 35.7 Å². The van der Waals surface area contributed by atoms with Crippen LogP contribution >= 0.6 is 35.7 Å². The van der Waals surface area contributed by atoms with Gasteiger partial charge in [0, 0.05) is 51.2 Å². The van der Waals surface area contributed by atoms with Crippen LogP contribution in [0, 0.1) is 5.82 Å². The number of thioether (sulfide) groups is 1. The van der Waals surface area contributed by atoms with Gasteiger partial charge >= 0.3 is 0 Å². The zero-order chi connectivity index (χ0) is 19.3. The van der Waals surface area contributed by atoms with Gasteiger partial charge in [0.25, 0.3) is 0 Å². The summed E-state index contributed by atoms with van der Waals surface area (Å²) in [5.41, 5.74) is 0. The minimum absolute atomic E-state index is 0. The Morgan fingerprint density at radius 2 is 1.68 bits per heavy atom. The van der Waals surface area contributed by atoms with Crippen LogP contribution in [-0.4, -0.2) is 81.4 Å². The van der Waals surface area contributed by atoms with Crippen LogP contribution in [0.25, 0.3) is 0 Å². The molecule has 160 valence electrons. The summed E-state index contributed by atoms with van der Waals surface area (Å²) in [5.74, 6) is 1.70. The third kappa shape index (κ3) is 10.8. The third-order valence-electron chi connectivity index (χ3n) is 4.71. The zero-order valence-corrected chi connectivity index (χ0v) is 20.3. The highest BCUT2D eigenvalue weighted by molar-refractivity contribution is 14.0. The zero-order valence-electron chi connectivity index (χ0n) is 17.1. The Morgan fingerprint density at radius 3 is 2.32 bits per heavy atom. The standard InChI is InChI=1S/C20H34FN5S.HI/c1-22-20(23-10-3-4-12-26-15-13-25(2)14-16-26)24-11-5-17-27-19-8-6-18(21)7-9-19;/h6-9H,3-5,10-17H2,1-2H3,(H2,22,23,24);1H. The summed E-state index contributed by atoms with van der Waals surface area (Å²) in [4.78, 5) is 10.3. The van der Waals surface area contributed by atoms with Crippen molar-refractivity contribution in [2.75, 3.05) is 65.7 Å². The second-order valence-electron chi connectivity index (χ2n) is 6.93. The molecular formula is C20H35FIN5S. The summed E-state index contributed by atoms with van der Waals surface area (Å²) in [6.45, 7) is 7.81. The van der Waals surface area contributed by atoms with Gasteiger partial charge in [0.05, 0.1) is 0 Å². The van der Waals surface area contributed by atoms with Gasteiger partial charge in [-0.25, -0.2) is 4.39 Å². The Kier molecular flexibility index (Phi) is 13.9. The molecule has 0 aromatic heterocycles. The molecule has 8 heteroatoms. The van der Waals surface area contributed by atoms with Crippen molar-refractivity contribution >= 4 is 41.7 Å². The molecule has 1 saturated heterocycles. The van der Waals surface area contributed by atoms with Gasteiger partial charge in [-0.05, 0) is 62.9 Å². The molecule has 5 nitrogen and oxygen atoms in total. The Hall–Kier alpha value is -0.580. The molecule has 1 aromatic rings. The van der Waals surface area contributed by atoms with Gasteiger partial charge in [-0.3, -0.25) is 4.99 Å². The fraction of sp³-hybridized carbons (Fsp3) is 0.650. The van der Waals surface area contributed by atoms with E-state index in [-0.39, 0.29) is 29.8 Å². The predicted molar refractivity (Wildman–Crippen MR) is 130 cm³/mol. The Labute approximate surface area is 190 Å². The first-order valence-corrected chi connectivity index (χ1v) is 10.9. The lowest BCUT2D eigenvalue weighted by Gasteiger charge is -2.32. The number of hydrogen-bond donors (Lipinski definition) is 2. The van der Waals surface area contributed by atoms with E-state index in [1.54, 1.807) is 11.8 Å². The summed E-state index contributed by atoms with van der Waals surface area (Å²) >= 11 is 1.75. The predicted octanol–water partition coefficient (Wildman–Crippen LogP) is 3.12. The van der Waals surface area contributed by atoms with E-state index in [1.165, 1.54) is 51.3 Å². The fourth-order valence-electron chi connectivity index (χ4n) is 2.96. The number of nitrogens with one attached hydrogen (secondary N) is 2. The van der Waals surface area contributed by atoms with E-state index in [9.17, 15) is 4.39 Å². The number of rotatable bonds is 10. The molecule has 0 amide bonds. The highest BCUT2D eigenvalue weighted by Crippen LogP contribution is 2.18. The van der Waals surface area contributed by atoms with Gasteiger partial charge in [0.1, 0.15) is 5.82 Å². The summed E-state index contributed by atoms with van der Waals surface area (Å²) in [6.07, 6.45) is 3.42. The normalized spacial score (nSPS) is 15.9. The minimum atomic E-state index is -0.181. The molecule has 0 radical (unpaired) electrons. The van der Waals surface area contributed by atoms with Gasteiger partial charge in [-0.1, -0.05) is 0 Å². The summed E-state index contributed by atoms with van der Waals surface area (Å²) in [6, 6.07) is 6.68. The first kappa shape index (κ1) is 25.5. The summed E-state index contributed by atoms with van der Waals surface area (Å²) < 4.78 is 12.9. The lowest BCUT2D eigenvalue weighted by molar-refractivity contribution is 0.152. The number of nitrogens with zero attached hydrogens (tertiary/aromatic N) is 3. The van der Waals surface area contributed by atoms with Crippen molar-refractivity contribution < 1.29 is 4.39 Å². The van der Waals surface area contributed by atoms with Crippen LogP contribution < -0.4 is 10.6 Å². The van der Waals surface area contributed by atoms with Crippen LogP contribution in [0.3, 0.4) is 0 Å². The molecule has 28 heavy (non-hydrogen) atoms. The molecule has 0 saturated carbocycles. The lowest BCUT2D eigenvalue weighted by Crippen LogP contribution is -2.44. The van der Waals surface area contributed by atoms with Gasteiger partial charge in [0.15, 0.2) is 5.96 Å². The van der Waals surface area contributed by atoms with Crippen molar-refractivity contribution in [3.05, 3.63) is 30.1 Å². The van der Waals surface area contributed by atoms with Crippen LogP contribution in [0.4, 0.5) is 4.39 Å². The van der Waals surface area contributed by atoms with E-state index in [4.69, 9.17) is 0 Å². The molecule has 1 fully saturated rings. The number of guanidine groups is 1. The number of piperazine rings is 1. The van der Waals surface area contributed by atoms with E-state index < -0.39 is 0 Å². The third-order valence-corrected chi connectivity index (χ3v) is 5.81. The molecular weight excluding hydrogens is 488 g/mol. The van der Waals surface area contributed by atoms with E-state index in [1.807, 2.05) is 19.2 Å². The molecule has 2 rings (SSSR count). The lowest BCUT2D eigenvalue weighted by atomic mass is 10.2. The Bertz CT molecular complexity index is 550. The van der Waals surface area contributed by atoms with Crippen molar-refractivity contribution in [3.8, 4) is 0 Å². The minimum Gasteiger partial charge on any atom is -0.356 e. The van der Waals surface area contributed by atoms with Crippen LogP contribution in [0.5, 0.6) is 0 Å². The Morgan fingerprint density at radius 1 is 1.04 bits per heavy atom. The van der Waals surface area contributed by atoms with E-state index in [0.717, 1.165) is 42.5 Å². The monoisotopic (exact) mass is 523 g/mol. The molecule has 0 spiro atoms. The second-order valence-corrected chi connectivity index (χ2v) is 8.10. The maximum Gasteiger partial charge on any atom is 0.190 e. The van der Waals surface area contributed by atoms with Crippen LogP contribution in [0.15, 0.2) is 34.2 Å². The van der Waals surface area contributed by atoms with E-state index in [0.29, 0.717) is 0 Å². The average molecular weight is 524 g/mol. The second kappa shape index (κ2) is 15.3. The molecule has 1 heterocycles. The average Bonchev–Trinajstić information content (AvgIpc) is 2.68. The number of hydrogen-bond acceptors (Lipinski definition) is 4. The fourth-order valence-corrected chi connectivity index (χ4v) is 3.81. The van der Waals surface area contributed by atoms with E-state index >= 15 is 0 Å². The maximum absolute atomic E-state index is 12.9. The molecule has 0 unspecified atom stereocenters. The first-order chi connectivity index (χ1) is 13.2. The van der Waals surface area contributed by atoms with Gasteiger partial charge < -0.3 is 20.4 Å². The topological polar surface area (TPSA) is 42.9 Å². The molecule has 2 N–H and O–H groups in total. The molecule has 1 aliphatic rings. The quantitative estimate of drug-likeness (QED) is 0.162. The summed E-state index contributed by atoms with van der Waals surface area (Å²) in [5, 5.41) is 6.75.